The molecule has 0 bridgehead atoms. The Bertz CT molecular complexity index is 437. The van der Waals surface area contributed by atoms with Crippen molar-refractivity contribution in [3.8, 4) is 0 Å². The molecule has 1 amide bonds. The Kier molecular flexibility index (Phi) is 6.07. The number of nitrogens with zero attached hydrogens (tertiary/aromatic N) is 1. The molecule has 0 saturated carbocycles. The molecule has 116 valence electrons. The van der Waals surface area contributed by atoms with Crippen molar-refractivity contribution in [3.05, 3.63) is 35.9 Å². The van der Waals surface area contributed by atoms with E-state index in [4.69, 9.17) is 0 Å². The molecular weight excluding hydrogens is 284 g/mol. The summed E-state index contributed by atoms with van der Waals surface area (Å²) >= 11 is 0. The fourth-order valence-corrected chi connectivity index (χ4v) is 3.43. The lowest BCUT2D eigenvalue weighted by atomic mass is 9.89. The van der Waals surface area contributed by atoms with E-state index in [0.29, 0.717) is 5.91 Å². The van der Waals surface area contributed by atoms with E-state index in [9.17, 15) is 4.79 Å². The van der Waals surface area contributed by atoms with Crippen LogP contribution in [0.5, 0.6) is 0 Å². The van der Waals surface area contributed by atoms with Crippen LogP contribution in [0, 0.1) is 11.8 Å². The Morgan fingerprint density at radius 2 is 1.86 bits per heavy atom. The van der Waals surface area contributed by atoms with Crippen LogP contribution in [0.2, 0.25) is 0 Å². The number of nitrogens with one attached hydrogen (secondary N) is 1. The number of rotatable bonds is 3. The molecule has 4 heteroatoms. The minimum atomic E-state index is 0. The minimum absolute atomic E-state index is 0. The van der Waals surface area contributed by atoms with E-state index in [1.165, 1.54) is 5.56 Å². The molecule has 0 aromatic heterocycles. The smallest absolute Gasteiger partial charge is 0.227 e. The van der Waals surface area contributed by atoms with Gasteiger partial charge in [-0.3, -0.25) is 4.79 Å². The average Bonchev–Trinajstić information content (AvgIpc) is 3.03. The molecule has 2 heterocycles. The molecular formula is C17H25ClN2O. The average molecular weight is 309 g/mol. The highest BCUT2D eigenvalue weighted by Gasteiger charge is 2.29. The van der Waals surface area contributed by atoms with Gasteiger partial charge in [0.25, 0.3) is 0 Å². The van der Waals surface area contributed by atoms with Crippen molar-refractivity contribution in [1.82, 2.24) is 10.2 Å². The van der Waals surface area contributed by atoms with Gasteiger partial charge in [0.15, 0.2) is 0 Å². The predicted octanol–water partition coefficient (Wildman–Crippen LogP) is 2.50. The summed E-state index contributed by atoms with van der Waals surface area (Å²) in [5.41, 5.74) is 1.43. The summed E-state index contributed by atoms with van der Waals surface area (Å²) in [4.78, 5) is 14.4. The predicted molar refractivity (Wildman–Crippen MR) is 87.7 cm³/mol. The van der Waals surface area contributed by atoms with E-state index < -0.39 is 0 Å². The number of amides is 1. The molecule has 21 heavy (non-hydrogen) atoms. The summed E-state index contributed by atoms with van der Waals surface area (Å²) in [5, 5.41) is 3.29. The first-order valence-electron chi connectivity index (χ1n) is 7.86. The zero-order valence-corrected chi connectivity index (χ0v) is 13.3. The number of benzene rings is 1. The first-order valence-corrected chi connectivity index (χ1v) is 7.86. The summed E-state index contributed by atoms with van der Waals surface area (Å²) in [5.74, 6) is 1.36. The van der Waals surface area contributed by atoms with E-state index in [1.54, 1.807) is 0 Å². The number of hydrogen-bond donors (Lipinski definition) is 1. The van der Waals surface area contributed by atoms with Crippen LogP contribution in [-0.4, -0.2) is 37.0 Å². The van der Waals surface area contributed by atoms with Gasteiger partial charge in [0.2, 0.25) is 5.91 Å². The lowest BCUT2D eigenvalue weighted by molar-refractivity contribution is -0.136. The molecule has 1 aromatic carbocycles. The molecule has 1 N–H and O–H groups in total. The topological polar surface area (TPSA) is 32.3 Å². The third kappa shape index (κ3) is 4.21. The van der Waals surface area contributed by atoms with E-state index in [-0.39, 0.29) is 18.3 Å². The van der Waals surface area contributed by atoms with Crippen LogP contribution < -0.4 is 5.32 Å². The van der Waals surface area contributed by atoms with E-state index >= 15 is 0 Å². The Morgan fingerprint density at radius 1 is 1.14 bits per heavy atom. The molecule has 2 aliphatic heterocycles. The van der Waals surface area contributed by atoms with Crippen molar-refractivity contribution in [2.24, 2.45) is 11.8 Å². The van der Waals surface area contributed by atoms with Crippen LogP contribution in [0.4, 0.5) is 0 Å². The molecule has 2 fully saturated rings. The Morgan fingerprint density at radius 3 is 2.48 bits per heavy atom. The van der Waals surface area contributed by atoms with E-state index in [1.807, 2.05) is 0 Å². The highest BCUT2D eigenvalue weighted by atomic mass is 35.5. The van der Waals surface area contributed by atoms with Gasteiger partial charge in [0, 0.05) is 19.6 Å². The Balaban J connectivity index is 0.00000161. The van der Waals surface area contributed by atoms with Crippen LogP contribution in [0.3, 0.4) is 0 Å². The first-order chi connectivity index (χ1) is 9.83. The third-order valence-corrected chi connectivity index (χ3v) is 4.70. The molecule has 1 unspecified atom stereocenters. The van der Waals surface area contributed by atoms with Gasteiger partial charge in [0.1, 0.15) is 0 Å². The normalized spacial score (nSPS) is 22.9. The standard InChI is InChI=1S/C17H24N2O.ClH/c20-17(16-6-9-18-13-16)19-10-7-15(8-11-19)12-14-4-2-1-3-5-14;/h1-5,15-16,18H,6-13H2;1H. The summed E-state index contributed by atoms with van der Waals surface area (Å²) in [6.45, 7) is 3.78. The molecule has 1 atom stereocenters. The number of carbonyl (C=O) groups is 1. The summed E-state index contributed by atoms with van der Waals surface area (Å²) in [6.07, 6.45) is 4.48. The third-order valence-electron chi connectivity index (χ3n) is 4.70. The van der Waals surface area contributed by atoms with Crippen LogP contribution in [0.1, 0.15) is 24.8 Å². The van der Waals surface area contributed by atoms with Crippen molar-refractivity contribution in [2.45, 2.75) is 25.7 Å². The fraction of sp³-hybridized carbons (Fsp3) is 0.588. The second-order valence-corrected chi connectivity index (χ2v) is 6.15. The molecule has 2 aliphatic rings. The highest BCUT2D eigenvalue weighted by Crippen LogP contribution is 2.23. The first kappa shape index (κ1) is 16.3. The Hall–Kier alpha value is -1.06. The molecule has 0 radical (unpaired) electrons. The van der Waals surface area contributed by atoms with Crippen molar-refractivity contribution >= 4 is 18.3 Å². The van der Waals surface area contributed by atoms with Gasteiger partial charge in [-0.2, -0.15) is 0 Å². The SMILES string of the molecule is Cl.O=C(C1CCNC1)N1CCC(Cc2ccccc2)CC1. The fourth-order valence-electron chi connectivity index (χ4n) is 3.43. The van der Waals surface area contributed by atoms with Gasteiger partial charge in [-0.25, -0.2) is 0 Å². The van der Waals surface area contributed by atoms with Gasteiger partial charge in [-0.1, -0.05) is 30.3 Å². The quantitative estimate of drug-likeness (QED) is 0.930. The van der Waals surface area contributed by atoms with Crippen LogP contribution >= 0.6 is 12.4 Å². The zero-order chi connectivity index (χ0) is 13.8. The molecule has 0 spiro atoms. The van der Waals surface area contributed by atoms with Crippen molar-refractivity contribution in [2.75, 3.05) is 26.2 Å². The summed E-state index contributed by atoms with van der Waals surface area (Å²) in [6, 6.07) is 10.7. The van der Waals surface area contributed by atoms with Gasteiger partial charge in [-0.15, -0.1) is 12.4 Å². The van der Waals surface area contributed by atoms with E-state index in [2.05, 4.69) is 40.5 Å². The second kappa shape index (κ2) is 7.81. The maximum Gasteiger partial charge on any atom is 0.227 e. The van der Waals surface area contributed by atoms with Crippen molar-refractivity contribution < 1.29 is 4.79 Å². The Labute approximate surface area is 133 Å². The van der Waals surface area contributed by atoms with Crippen LogP contribution in [-0.2, 0) is 11.2 Å². The second-order valence-electron chi connectivity index (χ2n) is 6.15. The molecule has 3 nitrogen and oxygen atoms in total. The maximum atomic E-state index is 12.4. The molecule has 2 saturated heterocycles. The monoisotopic (exact) mass is 308 g/mol. The van der Waals surface area contributed by atoms with Gasteiger partial charge >= 0.3 is 0 Å². The number of carbonyl (C=O) groups excluding carboxylic acids is 1. The molecule has 3 rings (SSSR count). The van der Waals surface area contributed by atoms with Crippen LogP contribution in [0.25, 0.3) is 0 Å². The summed E-state index contributed by atoms with van der Waals surface area (Å²) < 4.78 is 0. The minimum Gasteiger partial charge on any atom is -0.342 e. The van der Waals surface area contributed by atoms with Crippen LogP contribution in [0.15, 0.2) is 30.3 Å². The lowest BCUT2D eigenvalue weighted by Gasteiger charge is -2.33. The number of likely N-dealkylation sites (tertiary alicyclic amines) is 1. The molecule has 0 aliphatic carbocycles. The van der Waals surface area contributed by atoms with Crippen molar-refractivity contribution in [3.63, 3.8) is 0 Å². The number of piperidine rings is 1. The van der Waals surface area contributed by atoms with E-state index in [0.717, 1.165) is 57.8 Å². The lowest BCUT2D eigenvalue weighted by Crippen LogP contribution is -2.42. The number of halogens is 1. The van der Waals surface area contributed by atoms with Gasteiger partial charge < -0.3 is 10.2 Å². The van der Waals surface area contributed by atoms with Crippen molar-refractivity contribution in [1.29, 1.82) is 0 Å². The maximum absolute atomic E-state index is 12.4. The van der Waals surface area contributed by atoms with Gasteiger partial charge in [0.05, 0.1) is 5.92 Å². The summed E-state index contributed by atoms with van der Waals surface area (Å²) in [7, 11) is 0. The zero-order valence-electron chi connectivity index (χ0n) is 12.5. The van der Waals surface area contributed by atoms with Gasteiger partial charge in [-0.05, 0) is 43.7 Å². The highest BCUT2D eigenvalue weighted by molar-refractivity contribution is 5.85. The number of hydrogen-bond acceptors (Lipinski definition) is 2. The molecule has 1 aromatic rings. The largest absolute Gasteiger partial charge is 0.342 e.